The second kappa shape index (κ2) is 6.58. The van der Waals surface area contributed by atoms with Gasteiger partial charge in [0.15, 0.2) is 0 Å². The first-order valence-electron chi connectivity index (χ1n) is 7.68. The number of likely N-dealkylation sites (tertiary alicyclic amines) is 1. The Morgan fingerprint density at radius 2 is 2.18 bits per heavy atom. The van der Waals surface area contributed by atoms with E-state index in [2.05, 4.69) is 34.1 Å². The predicted molar refractivity (Wildman–Crippen MR) is 89.8 cm³/mol. The molecule has 116 valence electrons. The number of carbonyl (C=O) groups is 1. The van der Waals surface area contributed by atoms with Crippen LogP contribution in [0.1, 0.15) is 24.1 Å². The smallest absolute Gasteiger partial charge is 0.234 e. The van der Waals surface area contributed by atoms with E-state index < -0.39 is 0 Å². The Bertz CT molecular complexity index is 650. The number of primary amides is 1. The van der Waals surface area contributed by atoms with Gasteiger partial charge in [-0.2, -0.15) is 0 Å². The summed E-state index contributed by atoms with van der Waals surface area (Å²) in [6.07, 6.45) is 2.92. The molecule has 0 spiro atoms. The molecule has 1 amide bonds. The lowest BCUT2D eigenvalue weighted by Gasteiger charge is -2.21. The Kier molecular flexibility index (Phi) is 4.55. The van der Waals surface area contributed by atoms with Crippen LogP contribution in [0.4, 0.5) is 0 Å². The first-order chi connectivity index (χ1) is 10.6. The number of benzene rings is 1. The van der Waals surface area contributed by atoms with Crippen LogP contribution in [0.3, 0.4) is 0 Å². The summed E-state index contributed by atoms with van der Waals surface area (Å²) in [5, 5.41) is 0. The fourth-order valence-electron chi connectivity index (χ4n) is 3.09. The molecule has 4 nitrogen and oxygen atoms in total. The molecule has 2 heterocycles. The van der Waals surface area contributed by atoms with Crippen molar-refractivity contribution < 1.29 is 4.79 Å². The van der Waals surface area contributed by atoms with Crippen molar-refractivity contribution >= 4 is 17.2 Å². The summed E-state index contributed by atoms with van der Waals surface area (Å²) in [4.78, 5) is 19.2. The molecule has 2 N–H and O–H groups in total. The first-order valence-corrected chi connectivity index (χ1v) is 8.56. The van der Waals surface area contributed by atoms with Crippen LogP contribution < -0.4 is 5.73 Å². The van der Waals surface area contributed by atoms with Gasteiger partial charge in [-0.3, -0.25) is 9.69 Å². The number of thiazole rings is 1. The highest BCUT2D eigenvalue weighted by Crippen LogP contribution is 2.27. The van der Waals surface area contributed by atoms with E-state index in [0.717, 1.165) is 38.0 Å². The van der Waals surface area contributed by atoms with Crippen LogP contribution in [0.2, 0.25) is 0 Å². The predicted octanol–water partition coefficient (Wildman–Crippen LogP) is 2.61. The maximum Gasteiger partial charge on any atom is 0.234 e. The van der Waals surface area contributed by atoms with Gasteiger partial charge in [-0.05, 0) is 43.9 Å². The van der Waals surface area contributed by atoms with Crippen molar-refractivity contribution in [2.24, 2.45) is 5.73 Å². The Morgan fingerprint density at radius 1 is 1.41 bits per heavy atom. The van der Waals surface area contributed by atoms with Crippen LogP contribution in [0.15, 0.2) is 29.8 Å². The van der Waals surface area contributed by atoms with E-state index in [1.807, 2.05) is 12.4 Å². The maximum atomic E-state index is 11.4. The van der Waals surface area contributed by atoms with Gasteiger partial charge in [0.2, 0.25) is 5.91 Å². The molecule has 0 unspecified atom stereocenters. The van der Waals surface area contributed by atoms with Crippen molar-refractivity contribution in [1.29, 1.82) is 0 Å². The van der Waals surface area contributed by atoms with E-state index in [4.69, 9.17) is 5.73 Å². The fourth-order valence-corrected chi connectivity index (χ4v) is 3.90. The molecule has 1 aromatic heterocycles. The molecular formula is C17H21N3OS. The Labute approximate surface area is 135 Å². The van der Waals surface area contributed by atoms with Crippen molar-refractivity contribution in [2.75, 3.05) is 13.1 Å². The lowest BCUT2D eigenvalue weighted by molar-refractivity contribution is -0.122. The highest BCUT2D eigenvalue weighted by atomic mass is 32.1. The minimum atomic E-state index is -0.187. The molecular weight excluding hydrogens is 294 g/mol. The molecule has 0 radical (unpaired) electrons. The number of nitrogens with two attached hydrogens (primary N) is 1. The van der Waals surface area contributed by atoms with E-state index in [1.165, 1.54) is 16.0 Å². The van der Waals surface area contributed by atoms with Crippen molar-refractivity contribution in [3.8, 4) is 10.4 Å². The second-order valence-corrected chi connectivity index (χ2v) is 6.66. The number of hydrogen-bond donors (Lipinski definition) is 1. The van der Waals surface area contributed by atoms with E-state index in [-0.39, 0.29) is 11.9 Å². The van der Waals surface area contributed by atoms with Crippen molar-refractivity contribution in [2.45, 2.75) is 32.2 Å². The maximum absolute atomic E-state index is 11.4. The first kappa shape index (κ1) is 15.2. The highest BCUT2D eigenvalue weighted by Gasteiger charge is 2.28. The average molecular weight is 315 g/mol. The van der Waals surface area contributed by atoms with Gasteiger partial charge in [0.05, 0.1) is 22.1 Å². The van der Waals surface area contributed by atoms with E-state index >= 15 is 0 Å². The number of hydrogen-bond acceptors (Lipinski definition) is 4. The van der Waals surface area contributed by atoms with Gasteiger partial charge < -0.3 is 5.73 Å². The quantitative estimate of drug-likeness (QED) is 0.922. The number of amides is 1. The normalized spacial score (nSPS) is 18.7. The summed E-state index contributed by atoms with van der Waals surface area (Å²) < 4.78 is 0. The van der Waals surface area contributed by atoms with Crippen LogP contribution in [-0.2, 0) is 11.2 Å². The largest absolute Gasteiger partial charge is 0.368 e. The van der Waals surface area contributed by atoms with E-state index in [9.17, 15) is 4.79 Å². The SMILES string of the molecule is Cc1ncsc1-c1ccc(CCN2CCC[C@@H]2C(N)=O)cc1. The van der Waals surface area contributed by atoms with Crippen LogP contribution in [0.5, 0.6) is 0 Å². The van der Waals surface area contributed by atoms with Crippen molar-refractivity contribution in [3.05, 3.63) is 41.0 Å². The highest BCUT2D eigenvalue weighted by molar-refractivity contribution is 7.13. The van der Waals surface area contributed by atoms with Crippen LogP contribution in [0, 0.1) is 6.92 Å². The van der Waals surface area contributed by atoms with E-state index in [0.29, 0.717) is 0 Å². The Balaban J connectivity index is 1.62. The monoisotopic (exact) mass is 315 g/mol. The molecule has 1 aliphatic heterocycles. The van der Waals surface area contributed by atoms with Gasteiger partial charge in [0, 0.05) is 6.54 Å². The topological polar surface area (TPSA) is 59.2 Å². The molecule has 3 rings (SSSR count). The molecule has 1 aromatic carbocycles. The third-order valence-corrected chi connectivity index (χ3v) is 5.32. The molecule has 0 bridgehead atoms. The number of nitrogens with zero attached hydrogens (tertiary/aromatic N) is 2. The summed E-state index contributed by atoms with van der Waals surface area (Å²) >= 11 is 1.68. The fraction of sp³-hybridized carbons (Fsp3) is 0.412. The lowest BCUT2D eigenvalue weighted by atomic mass is 10.1. The number of carbonyl (C=O) groups excluding carboxylic acids is 1. The Morgan fingerprint density at radius 3 is 2.82 bits per heavy atom. The molecule has 1 saturated heterocycles. The molecule has 22 heavy (non-hydrogen) atoms. The zero-order valence-corrected chi connectivity index (χ0v) is 13.6. The van der Waals surface area contributed by atoms with Crippen molar-refractivity contribution in [1.82, 2.24) is 9.88 Å². The molecule has 0 saturated carbocycles. The third-order valence-electron chi connectivity index (χ3n) is 4.34. The van der Waals surface area contributed by atoms with E-state index in [1.54, 1.807) is 11.3 Å². The van der Waals surface area contributed by atoms with Crippen molar-refractivity contribution in [3.63, 3.8) is 0 Å². The summed E-state index contributed by atoms with van der Waals surface area (Å²) in [7, 11) is 0. The van der Waals surface area contributed by atoms with Gasteiger partial charge in [0.25, 0.3) is 0 Å². The standard InChI is InChI=1S/C17H21N3OS/c1-12-16(22-11-19-12)14-6-4-13(5-7-14)8-10-20-9-2-3-15(20)17(18)21/h4-7,11,15H,2-3,8-10H2,1H3,(H2,18,21)/t15-/m1/s1. The van der Waals surface area contributed by atoms with Crippen LogP contribution >= 0.6 is 11.3 Å². The minimum absolute atomic E-state index is 0.0703. The van der Waals surface area contributed by atoms with Crippen LogP contribution in [0.25, 0.3) is 10.4 Å². The summed E-state index contributed by atoms with van der Waals surface area (Å²) in [5.41, 5.74) is 10.9. The molecule has 0 aliphatic carbocycles. The molecule has 1 aliphatic rings. The molecule has 1 atom stereocenters. The van der Waals surface area contributed by atoms with Crippen LogP contribution in [-0.4, -0.2) is 34.9 Å². The molecule has 5 heteroatoms. The third kappa shape index (κ3) is 3.20. The van der Waals surface area contributed by atoms with Gasteiger partial charge in [0.1, 0.15) is 0 Å². The summed E-state index contributed by atoms with van der Waals surface area (Å²) in [6.45, 7) is 3.91. The minimum Gasteiger partial charge on any atom is -0.368 e. The summed E-state index contributed by atoms with van der Waals surface area (Å²) in [6, 6.07) is 8.59. The van der Waals surface area contributed by atoms with Gasteiger partial charge in [-0.15, -0.1) is 11.3 Å². The zero-order chi connectivity index (χ0) is 15.5. The number of aromatic nitrogens is 1. The number of rotatable bonds is 5. The zero-order valence-electron chi connectivity index (χ0n) is 12.8. The number of aryl methyl sites for hydroxylation is 1. The lowest BCUT2D eigenvalue weighted by Crippen LogP contribution is -2.41. The molecule has 2 aromatic rings. The van der Waals surface area contributed by atoms with Gasteiger partial charge >= 0.3 is 0 Å². The Hall–Kier alpha value is -1.72. The summed E-state index contributed by atoms with van der Waals surface area (Å²) in [5.74, 6) is -0.187. The van der Waals surface area contributed by atoms with Gasteiger partial charge in [-0.25, -0.2) is 4.98 Å². The van der Waals surface area contributed by atoms with Gasteiger partial charge in [-0.1, -0.05) is 24.3 Å². The average Bonchev–Trinajstić information content (AvgIpc) is 3.14. The second-order valence-electron chi connectivity index (χ2n) is 5.81. The molecule has 1 fully saturated rings.